The van der Waals surface area contributed by atoms with Gasteiger partial charge in [0.25, 0.3) is 0 Å². The highest BCUT2D eigenvalue weighted by Crippen LogP contribution is 2.35. The van der Waals surface area contributed by atoms with E-state index in [0.717, 1.165) is 5.56 Å². The molecule has 5 atom stereocenters. The maximum atomic E-state index is 14.0. The van der Waals surface area contributed by atoms with Crippen LogP contribution in [-0.2, 0) is 21.5 Å². The van der Waals surface area contributed by atoms with Gasteiger partial charge in [0, 0.05) is 49.4 Å². The lowest BCUT2D eigenvalue weighted by Gasteiger charge is -2.46. The summed E-state index contributed by atoms with van der Waals surface area (Å²) in [5, 5.41) is 27.4. The van der Waals surface area contributed by atoms with Crippen molar-refractivity contribution in [1.29, 1.82) is 0 Å². The molecule has 17 heteroatoms. The van der Waals surface area contributed by atoms with Crippen LogP contribution in [-0.4, -0.2) is 113 Å². The summed E-state index contributed by atoms with van der Waals surface area (Å²) in [5.41, 5.74) is 1.22. The molecule has 2 amide bonds. The molecule has 4 N–H and O–H groups in total. The molecule has 2 aromatic carbocycles. The summed E-state index contributed by atoms with van der Waals surface area (Å²) >= 11 is 0. The van der Waals surface area contributed by atoms with E-state index in [9.17, 15) is 33.0 Å². The van der Waals surface area contributed by atoms with Crippen molar-refractivity contribution in [2.45, 2.75) is 62.7 Å². The molecular weight excluding hydrogens is 813 g/mol. The van der Waals surface area contributed by atoms with Crippen LogP contribution in [0.4, 0.5) is 13.2 Å². The molecule has 0 radical (unpaired) electrons. The van der Waals surface area contributed by atoms with E-state index in [2.05, 4.69) is 15.3 Å². The van der Waals surface area contributed by atoms with Crippen LogP contribution in [0.3, 0.4) is 0 Å². The average molecular weight is 862 g/mol. The Balaban J connectivity index is 0.00000620. The fourth-order valence-corrected chi connectivity index (χ4v) is 7.24. The number of hydrogen-bond acceptors (Lipinski definition) is 11. The second-order valence-electron chi connectivity index (χ2n) is 14.7. The molecule has 308 valence electrons. The number of halogens is 4. The molecule has 1 unspecified atom stereocenters. The molecule has 4 aromatic rings. The first kappa shape index (κ1) is 43.6. The number of aromatic nitrogens is 2. The molecule has 6 rings (SSSR count). The second-order valence-corrected chi connectivity index (χ2v) is 14.7. The first-order valence-corrected chi connectivity index (χ1v) is 18.4. The molecule has 1 saturated heterocycles. The number of ether oxygens (including phenoxy) is 2. The van der Waals surface area contributed by atoms with Crippen LogP contribution in [0.25, 0.3) is 11.3 Å². The first-order valence-electron chi connectivity index (χ1n) is 18.4. The third-order valence-corrected chi connectivity index (χ3v) is 10.4. The number of β-amino-alcohol motifs (C(OH)–C–C–N with tert-alkyl or cyclic N) is 1. The predicted octanol–water partition coefficient (Wildman–Crippen LogP) is 4.44. The number of alkyl halides is 3. The zero-order chi connectivity index (χ0) is 40.0. The molecule has 0 bridgehead atoms. The third kappa shape index (κ3) is 10.9. The summed E-state index contributed by atoms with van der Waals surface area (Å²) in [6.45, 7) is 2.65. The maximum Gasteiger partial charge on any atom is 0.405 e. The van der Waals surface area contributed by atoms with Gasteiger partial charge in [0.15, 0.2) is 5.76 Å². The summed E-state index contributed by atoms with van der Waals surface area (Å²) in [7, 11) is 1.52. The molecule has 1 fully saturated rings. The second kappa shape index (κ2) is 18.8. The molecule has 2 aliphatic heterocycles. The number of nitrogens with one attached hydrogen (secondary N) is 2. The SMILES string of the molecule is Br.COc1cncc(-c2cnc(C(C)(C)N3CCN(C[C@@H](O)C[C@@H](Cc4ccccc4)C(=O)NC4c5ccccc5OC[C@H]4O)[C@H](C(=O)NCC(F)(F)F)C3)o2)c1. The van der Waals surface area contributed by atoms with Gasteiger partial charge in [0.1, 0.15) is 36.8 Å². The number of carbonyl (C=O) groups is 2. The van der Waals surface area contributed by atoms with Crippen molar-refractivity contribution in [3.05, 3.63) is 96.3 Å². The monoisotopic (exact) mass is 860 g/mol. The highest BCUT2D eigenvalue weighted by atomic mass is 79.9. The Labute approximate surface area is 339 Å². The number of aliphatic hydroxyl groups excluding tert-OH is 2. The van der Waals surface area contributed by atoms with Crippen molar-refractivity contribution in [3.63, 3.8) is 0 Å². The zero-order valence-corrected chi connectivity index (χ0v) is 33.5. The topological polar surface area (TPSA) is 163 Å². The van der Waals surface area contributed by atoms with E-state index in [4.69, 9.17) is 13.9 Å². The lowest BCUT2D eigenvalue weighted by atomic mass is 9.90. The smallest absolute Gasteiger partial charge is 0.405 e. The van der Waals surface area contributed by atoms with Crippen molar-refractivity contribution in [2.24, 2.45) is 5.92 Å². The fraction of sp³-hybridized carbons (Fsp3) is 0.450. The Hall–Kier alpha value is -4.55. The van der Waals surface area contributed by atoms with E-state index in [1.807, 2.05) is 54.4 Å². The number of piperazine rings is 1. The third-order valence-electron chi connectivity index (χ3n) is 10.4. The standard InChI is InChI=1S/C40H47F3N6O7.BrH/c1-39(2,38-45-20-34(56-38)27-17-29(54-3)19-44-18-27)49-14-13-48(31(22-49)37(53)46-24-40(41,42)43)21-28(50)16-26(15-25-9-5-4-6-10-25)36(52)47-35-30-11-7-8-12-33(30)55-23-32(35)51;/h4-12,17-20,26,28,31-32,35,50-51H,13-16,21-24H2,1-3H3,(H,46,53)(H,47,52);1H/t26-,28+,31+,32-,35?;/m1./s1. The van der Waals surface area contributed by atoms with Gasteiger partial charge < -0.3 is 34.7 Å². The van der Waals surface area contributed by atoms with Crippen molar-refractivity contribution in [1.82, 2.24) is 30.4 Å². The number of aliphatic hydroxyl groups is 2. The minimum absolute atomic E-state index is 0. The van der Waals surface area contributed by atoms with Crippen LogP contribution in [0.15, 0.2) is 83.7 Å². The number of carbonyl (C=O) groups excluding carboxylic acids is 2. The van der Waals surface area contributed by atoms with Crippen LogP contribution in [0.1, 0.15) is 43.3 Å². The van der Waals surface area contributed by atoms with Crippen LogP contribution >= 0.6 is 17.0 Å². The van der Waals surface area contributed by atoms with Crippen LogP contribution in [0.5, 0.6) is 11.5 Å². The Morgan fingerprint density at radius 2 is 1.79 bits per heavy atom. The Morgan fingerprint density at radius 3 is 2.53 bits per heavy atom. The minimum Gasteiger partial charge on any atom is -0.495 e. The van der Waals surface area contributed by atoms with Gasteiger partial charge in [-0.3, -0.25) is 24.4 Å². The van der Waals surface area contributed by atoms with Gasteiger partial charge >= 0.3 is 6.18 Å². The summed E-state index contributed by atoms with van der Waals surface area (Å²) in [6.07, 6.45) is -1.83. The molecule has 2 aromatic heterocycles. The van der Waals surface area contributed by atoms with Crippen molar-refractivity contribution < 1.29 is 46.9 Å². The Bertz CT molecular complexity index is 1950. The molecule has 0 saturated carbocycles. The van der Waals surface area contributed by atoms with Crippen LogP contribution < -0.4 is 20.1 Å². The molecular formula is C40H48BrF3N6O7. The average Bonchev–Trinajstić information content (AvgIpc) is 3.70. The van der Waals surface area contributed by atoms with Gasteiger partial charge in [-0.15, -0.1) is 17.0 Å². The number of fused-ring (bicyclic) bond motifs is 1. The lowest BCUT2D eigenvalue weighted by molar-refractivity contribution is -0.144. The Morgan fingerprint density at radius 1 is 1.05 bits per heavy atom. The Kier molecular flexibility index (Phi) is 14.4. The van der Waals surface area contributed by atoms with Gasteiger partial charge in [0.05, 0.1) is 37.2 Å². The molecule has 57 heavy (non-hydrogen) atoms. The number of oxazole rings is 1. The molecule has 0 aliphatic carbocycles. The maximum absolute atomic E-state index is 14.0. The largest absolute Gasteiger partial charge is 0.495 e. The highest BCUT2D eigenvalue weighted by Gasteiger charge is 2.43. The van der Waals surface area contributed by atoms with Gasteiger partial charge in [0.2, 0.25) is 17.7 Å². The van der Waals surface area contributed by atoms with Gasteiger partial charge in [-0.1, -0.05) is 48.5 Å². The number of nitrogens with zero attached hydrogens (tertiary/aromatic N) is 4. The van der Waals surface area contributed by atoms with E-state index in [-0.39, 0.29) is 56.1 Å². The summed E-state index contributed by atoms with van der Waals surface area (Å²) in [6, 6.07) is 16.3. The van der Waals surface area contributed by atoms with Gasteiger partial charge in [-0.2, -0.15) is 13.2 Å². The summed E-state index contributed by atoms with van der Waals surface area (Å²) in [5.74, 6) is -0.160. The number of para-hydroxylation sites is 1. The molecule has 4 heterocycles. The van der Waals surface area contributed by atoms with E-state index in [1.54, 1.807) is 53.8 Å². The number of benzene rings is 2. The van der Waals surface area contributed by atoms with Gasteiger partial charge in [-0.05, 0) is 44.4 Å². The first-order chi connectivity index (χ1) is 26.7. The zero-order valence-electron chi connectivity index (χ0n) is 31.8. The van der Waals surface area contributed by atoms with E-state index >= 15 is 0 Å². The van der Waals surface area contributed by atoms with Crippen LogP contribution in [0.2, 0.25) is 0 Å². The van der Waals surface area contributed by atoms with E-state index in [1.165, 1.54) is 7.11 Å². The highest BCUT2D eigenvalue weighted by molar-refractivity contribution is 8.93. The minimum atomic E-state index is -4.63. The number of rotatable bonds is 14. The molecule has 0 spiro atoms. The molecule has 2 aliphatic rings. The number of hydrogen-bond donors (Lipinski definition) is 4. The quantitative estimate of drug-likeness (QED) is 0.142. The number of pyridine rings is 1. The normalized spacial score (nSPS) is 20.0. The van der Waals surface area contributed by atoms with Crippen molar-refractivity contribution in [2.75, 3.05) is 46.4 Å². The lowest BCUT2D eigenvalue weighted by Crippen LogP contribution is -2.63. The van der Waals surface area contributed by atoms with Crippen LogP contribution in [0, 0.1) is 5.92 Å². The van der Waals surface area contributed by atoms with Crippen molar-refractivity contribution >= 4 is 28.8 Å². The van der Waals surface area contributed by atoms with Crippen molar-refractivity contribution in [3.8, 4) is 22.8 Å². The van der Waals surface area contributed by atoms with E-state index in [0.29, 0.717) is 40.8 Å². The number of amides is 2. The number of methoxy groups -OCH3 is 1. The summed E-state index contributed by atoms with van der Waals surface area (Å²) in [4.78, 5) is 39.7. The molecule has 13 nitrogen and oxygen atoms in total. The predicted molar refractivity (Wildman–Crippen MR) is 209 cm³/mol. The van der Waals surface area contributed by atoms with Gasteiger partial charge in [-0.25, -0.2) is 4.98 Å². The fourth-order valence-electron chi connectivity index (χ4n) is 7.24. The summed E-state index contributed by atoms with van der Waals surface area (Å²) < 4.78 is 56.9. The van der Waals surface area contributed by atoms with E-state index < -0.39 is 60.3 Å².